The number of hydrogen-bond donors (Lipinski definition) is 0. The third-order valence-corrected chi connectivity index (χ3v) is 1.82. The van der Waals surface area contributed by atoms with E-state index in [4.69, 9.17) is 6.42 Å². The van der Waals surface area contributed by atoms with Crippen LogP contribution in [0.2, 0.25) is 0 Å². The molecule has 58 valence electrons. The topological polar surface area (TPSA) is 17.8 Å². The van der Waals surface area contributed by atoms with E-state index in [1.54, 1.807) is 10.9 Å². The first-order valence-electron chi connectivity index (χ1n) is 3.54. The predicted molar refractivity (Wildman–Crippen MR) is 45.1 cm³/mol. The Bertz CT molecular complexity index is 289. The lowest BCUT2D eigenvalue weighted by Gasteiger charge is -2.16. The molecular formula is C9H12N2. The van der Waals surface area contributed by atoms with Gasteiger partial charge in [-0.15, -0.1) is 6.42 Å². The smallest absolute Gasteiger partial charge is 0.0672 e. The fourth-order valence-electron chi connectivity index (χ4n) is 1.06. The molecule has 1 aromatic rings. The maximum Gasteiger partial charge on any atom is 0.0672 e. The number of hydrogen-bond acceptors (Lipinski definition) is 1. The van der Waals surface area contributed by atoms with Crippen LogP contribution in [0.3, 0.4) is 0 Å². The number of terminal acetylenes is 1. The number of aromatic nitrogens is 2. The molecule has 0 bridgehead atoms. The first-order chi connectivity index (χ1) is 5.08. The quantitative estimate of drug-likeness (QED) is 0.549. The number of rotatable bonds is 1. The van der Waals surface area contributed by atoms with Crippen molar-refractivity contribution in [2.75, 3.05) is 0 Å². The standard InChI is InChI=1S/C9H12N2/c1-5-9(2,3)8-6-7-10-11(8)4/h1,6-7H,2-4H3. The molecule has 0 aliphatic heterocycles. The Hall–Kier alpha value is -1.23. The summed E-state index contributed by atoms with van der Waals surface area (Å²) in [4.78, 5) is 0. The molecule has 1 aromatic heterocycles. The second-order valence-corrected chi connectivity index (χ2v) is 3.11. The molecule has 0 fully saturated rings. The maximum atomic E-state index is 5.38. The zero-order valence-electron chi connectivity index (χ0n) is 7.13. The lowest BCUT2D eigenvalue weighted by molar-refractivity contribution is 0.593. The monoisotopic (exact) mass is 148 g/mol. The van der Waals surface area contributed by atoms with Crippen molar-refractivity contribution in [2.24, 2.45) is 7.05 Å². The molecule has 0 aromatic carbocycles. The van der Waals surface area contributed by atoms with Gasteiger partial charge in [-0.1, -0.05) is 5.92 Å². The van der Waals surface area contributed by atoms with Gasteiger partial charge < -0.3 is 0 Å². The van der Waals surface area contributed by atoms with Gasteiger partial charge in [-0.3, -0.25) is 4.68 Å². The second-order valence-electron chi connectivity index (χ2n) is 3.11. The Morgan fingerprint density at radius 2 is 2.27 bits per heavy atom. The van der Waals surface area contributed by atoms with Crippen molar-refractivity contribution >= 4 is 0 Å². The predicted octanol–water partition coefficient (Wildman–Crippen LogP) is 1.33. The van der Waals surface area contributed by atoms with E-state index in [9.17, 15) is 0 Å². The molecule has 0 spiro atoms. The molecule has 0 unspecified atom stereocenters. The molecule has 1 rings (SSSR count). The molecule has 0 atom stereocenters. The summed E-state index contributed by atoms with van der Waals surface area (Å²) in [5, 5.41) is 4.05. The van der Waals surface area contributed by atoms with Gasteiger partial charge in [0.25, 0.3) is 0 Å². The summed E-state index contributed by atoms with van der Waals surface area (Å²) in [5.74, 6) is 2.72. The molecule has 0 aliphatic rings. The van der Waals surface area contributed by atoms with Crippen molar-refractivity contribution in [3.8, 4) is 12.3 Å². The van der Waals surface area contributed by atoms with Gasteiger partial charge in [0.05, 0.1) is 11.1 Å². The van der Waals surface area contributed by atoms with Crippen molar-refractivity contribution in [1.29, 1.82) is 0 Å². The van der Waals surface area contributed by atoms with Gasteiger partial charge in [0.1, 0.15) is 0 Å². The van der Waals surface area contributed by atoms with E-state index in [2.05, 4.69) is 11.0 Å². The van der Waals surface area contributed by atoms with Gasteiger partial charge in [-0.25, -0.2) is 0 Å². The van der Waals surface area contributed by atoms with Gasteiger partial charge in [-0.05, 0) is 19.9 Å². The van der Waals surface area contributed by atoms with E-state index in [0.29, 0.717) is 0 Å². The summed E-state index contributed by atoms with van der Waals surface area (Å²) in [6.45, 7) is 4.01. The third kappa shape index (κ3) is 1.27. The van der Waals surface area contributed by atoms with E-state index in [1.807, 2.05) is 27.0 Å². The van der Waals surface area contributed by atoms with Crippen LogP contribution in [0.15, 0.2) is 12.3 Å². The van der Waals surface area contributed by atoms with Crippen LogP contribution in [0.25, 0.3) is 0 Å². The molecule has 0 saturated heterocycles. The highest BCUT2D eigenvalue weighted by Crippen LogP contribution is 2.20. The summed E-state index contributed by atoms with van der Waals surface area (Å²) < 4.78 is 1.81. The van der Waals surface area contributed by atoms with Crippen LogP contribution < -0.4 is 0 Å². The third-order valence-electron chi connectivity index (χ3n) is 1.82. The van der Waals surface area contributed by atoms with Crippen molar-refractivity contribution in [1.82, 2.24) is 9.78 Å². The summed E-state index contributed by atoms with van der Waals surface area (Å²) in [5.41, 5.74) is 0.852. The van der Waals surface area contributed by atoms with E-state index in [1.165, 1.54) is 0 Å². The molecule has 2 nitrogen and oxygen atoms in total. The highest BCUT2D eigenvalue weighted by molar-refractivity contribution is 5.25. The molecule has 0 saturated carbocycles. The summed E-state index contributed by atoms with van der Waals surface area (Å²) in [6.07, 6.45) is 7.13. The minimum Gasteiger partial charge on any atom is -0.271 e. The first kappa shape index (κ1) is 7.87. The lowest BCUT2D eigenvalue weighted by Crippen LogP contribution is -2.18. The maximum absolute atomic E-state index is 5.38. The molecule has 0 radical (unpaired) electrons. The number of nitrogens with zero attached hydrogens (tertiary/aromatic N) is 2. The zero-order chi connectivity index (χ0) is 8.48. The van der Waals surface area contributed by atoms with Crippen molar-refractivity contribution in [3.63, 3.8) is 0 Å². The Morgan fingerprint density at radius 1 is 1.64 bits per heavy atom. The minimum atomic E-state index is -0.217. The molecule has 1 heterocycles. The minimum absolute atomic E-state index is 0.217. The molecule has 0 aliphatic carbocycles. The lowest BCUT2D eigenvalue weighted by atomic mass is 9.91. The second kappa shape index (κ2) is 2.43. The highest BCUT2D eigenvalue weighted by atomic mass is 15.3. The SMILES string of the molecule is C#CC(C)(C)c1ccnn1C. The van der Waals surface area contributed by atoms with Gasteiger partial charge in [0.15, 0.2) is 0 Å². The average molecular weight is 148 g/mol. The molecule has 0 amide bonds. The van der Waals surface area contributed by atoms with Crippen LogP contribution in [0.5, 0.6) is 0 Å². The highest BCUT2D eigenvalue weighted by Gasteiger charge is 2.19. The van der Waals surface area contributed by atoms with E-state index in [-0.39, 0.29) is 5.41 Å². The van der Waals surface area contributed by atoms with Gasteiger partial charge in [0, 0.05) is 13.2 Å². The van der Waals surface area contributed by atoms with Crippen LogP contribution in [0, 0.1) is 12.3 Å². The van der Waals surface area contributed by atoms with Crippen LogP contribution in [0.4, 0.5) is 0 Å². The summed E-state index contributed by atoms with van der Waals surface area (Å²) >= 11 is 0. The van der Waals surface area contributed by atoms with Crippen molar-refractivity contribution < 1.29 is 0 Å². The molecule has 11 heavy (non-hydrogen) atoms. The average Bonchev–Trinajstić information content (AvgIpc) is 2.36. The molecule has 2 heteroatoms. The Labute approximate surface area is 67.2 Å². The molecule has 0 N–H and O–H groups in total. The van der Waals surface area contributed by atoms with Gasteiger partial charge in [-0.2, -0.15) is 5.10 Å². The van der Waals surface area contributed by atoms with E-state index < -0.39 is 0 Å². The van der Waals surface area contributed by atoms with Crippen LogP contribution >= 0.6 is 0 Å². The Morgan fingerprint density at radius 3 is 2.64 bits per heavy atom. The Kier molecular flexibility index (Phi) is 1.74. The summed E-state index contributed by atoms with van der Waals surface area (Å²) in [7, 11) is 1.90. The fourth-order valence-corrected chi connectivity index (χ4v) is 1.06. The van der Waals surface area contributed by atoms with E-state index in [0.717, 1.165) is 5.69 Å². The zero-order valence-corrected chi connectivity index (χ0v) is 7.13. The normalized spacial score (nSPS) is 11.1. The van der Waals surface area contributed by atoms with Crippen molar-refractivity contribution in [3.05, 3.63) is 18.0 Å². The molecular weight excluding hydrogens is 136 g/mol. The van der Waals surface area contributed by atoms with Crippen molar-refractivity contribution in [2.45, 2.75) is 19.3 Å². The van der Waals surface area contributed by atoms with E-state index >= 15 is 0 Å². The van der Waals surface area contributed by atoms with Gasteiger partial charge in [0.2, 0.25) is 0 Å². The largest absolute Gasteiger partial charge is 0.271 e. The van der Waals surface area contributed by atoms with Crippen LogP contribution in [-0.2, 0) is 12.5 Å². The Balaban J connectivity index is 3.13. The van der Waals surface area contributed by atoms with Gasteiger partial charge >= 0.3 is 0 Å². The number of aryl methyl sites for hydroxylation is 1. The summed E-state index contributed by atoms with van der Waals surface area (Å²) in [6, 6.07) is 1.94. The fraction of sp³-hybridized carbons (Fsp3) is 0.444. The van der Waals surface area contributed by atoms with Crippen LogP contribution in [-0.4, -0.2) is 9.78 Å². The first-order valence-corrected chi connectivity index (χ1v) is 3.54. The van der Waals surface area contributed by atoms with Crippen LogP contribution in [0.1, 0.15) is 19.5 Å².